The van der Waals surface area contributed by atoms with Crippen LogP contribution in [0, 0.1) is 0 Å². The number of hydrogen-bond acceptors (Lipinski definition) is 1. The van der Waals surface area contributed by atoms with E-state index in [1.54, 1.807) is 0 Å². The molecule has 11 aromatic rings. The van der Waals surface area contributed by atoms with E-state index in [0.29, 0.717) is 0 Å². The molecular formula is C59H42N2. The van der Waals surface area contributed by atoms with Crippen LogP contribution in [-0.4, -0.2) is 4.57 Å². The van der Waals surface area contributed by atoms with Crippen LogP contribution in [0.15, 0.2) is 218 Å². The molecule has 0 N–H and O–H groups in total. The molecule has 0 spiro atoms. The fraction of sp³-hybridized carbons (Fsp3) is 0.0508. The van der Waals surface area contributed by atoms with E-state index in [9.17, 15) is 0 Å². The van der Waals surface area contributed by atoms with Gasteiger partial charge in [0, 0.05) is 38.8 Å². The zero-order chi connectivity index (χ0) is 40.7. The van der Waals surface area contributed by atoms with Crippen LogP contribution in [0.3, 0.4) is 0 Å². The van der Waals surface area contributed by atoms with E-state index in [2.05, 4.69) is 242 Å². The topological polar surface area (TPSA) is 8.17 Å². The first-order valence-electron chi connectivity index (χ1n) is 21.3. The van der Waals surface area contributed by atoms with Crippen molar-refractivity contribution in [3.8, 4) is 39.1 Å². The zero-order valence-electron chi connectivity index (χ0n) is 34.2. The lowest BCUT2D eigenvalue weighted by Gasteiger charge is -2.31. The molecule has 1 aliphatic rings. The van der Waals surface area contributed by atoms with E-state index < -0.39 is 0 Å². The van der Waals surface area contributed by atoms with Gasteiger partial charge in [-0.2, -0.15) is 0 Å². The number of rotatable bonds is 6. The minimum Gasteiger partial charge on any atom is -0.310 e. The Bertz CT molecular complexity index is 3500. The number of hydrogen-bond donors (Lipinski definition) is 0. The maximum absolute atomic E-state index is 2.51. The Morgan fingerprint density at radius 2 is 0.984 bits per heavy atom. The predicted octanol–water partition coefficient (Wildman–Crippen LogP) is 16.2. The van der Waals surface area contributed by atoms with Crippen molar-refractivity contribution in [2.75, 3.05) is 4.90 Å². The Kier molecular flexibility index (Phi) is 7.92. The number of anilines is 3. The molecule has 288 valence electrons. The lowest BCUT2D eigenvalue weighted by Crippen LogP contribution is -2.17. The molecule has 10 aromatic carbocycles. The quantitative estimate of drug-likeness (QED) is 0.153. The van der Waals surface area contributed by atoms with E-state index in [1.165, 1.54) is 87.9 Å². The Morgan fingerprint density at radius 1 is 0.377 bits per heavy atom. The molecule has 0 aliphatic heterocycles. The highest BCUT2D eigenvalue weighted by atomic mass is 15.1. The first-order valence-corrected chi connectivity index (χ1v) is 21.3. The van der Waals surface area contributed by atoms with Gasteiger partial charge < -0.3 is 9.47 Å². The van der Waals surface area contributed by atoms with Crippen LogP contribution in [0.1, 0.15) is 25.0 Å². The fourth-order valence-corrected chi connectivity index (χ4v) is 10.3. The van der Waals surface area contributed by atoms with Gasteiger partial charge in [-0.05, 0) is 115 Å². The lowest BCUT2D eigenvalue weighted by molar-refractivity contribution is 0.660. The molecule has 0 saturated carbocycles. The Morgan fingerprint density at radius 3 is 1.82 bits per heavy atom. The second-order valence-corrected chi connectivity index (χ2v) is 16.9. The zero-order valence-corrected chi connectivity index (χ0v) is 34.2. The summed E-state index contributed by atoms with van der Waals surface area (Å²) in [7, 11) is 0. The first kappa shape index (κ1) is 35.3. The smallest absolute Gasteiger partial charge is 0.0561 e. The molecule has 61 heavy (non-hydrogen) atoms. The summed E-state index contributed by atoms with van der Waals surface area (Å²) in [6, 6.07) is 80.6. The van der Waals surface area contributed by atoms with Gasteiger partial charge in [-0.1, -0.05) is 178 Å². The third-order valence-electron chi connectivity index (χ3n) is 13.2. The molecule has 1 aromatic heterocycles. The summed E-state index contributed by atoms with van der Waals surface area (Å²) in [6.07, 6.45) is 0. The normalized spacial score (nSPS) is 12.9. The summed E-state index contributed by atoms with van der Waals surface area (Å²) in [6.45, 7) is 4.74. The van der Waals surface area contributed by atoms with Gasteiger partial charge in [0.05, 0.1) is 16.7 Å². The van der Waals surface area contributed by atoms with Gasteiger partial charge in [-0.25, -0.2) is 0 Å². The van der Waals surface area contributed by atoms with E-state index in [1.807, 2.05) is 0 Å². The van der Waals surface area contributed by atoms with Crippen molar-refractivity contribution >= 4 is 60.4 Å². The third-order valence-corrected chi connectivity index (χ3v) is 13.2. The molecule has 0 atom stereocenters. The van der Waals surface area contributed by atoms with Gasteiger partial charge in [0.25, 0.3) is 0 Å². The van der Waals surface area contributed by atoms with Crippen molar-refractivity contribution in [1.82, 2.24) is 4.57 Å². The first-order chi connectivity index (χ1) is 30.0. The fourth-order valence-electron chi connectivity index (χ4n) is 10.3. The van der Waals surface area contributed by atoms with Crippen molar-refractivity contribution in [1.29, 1.82) is 0 Å². The number of benzene rings is 10. The average Bonchev–Trinajstić information content (AvgIpc) is 3.77. The number of fused-ring (bicyclic) bond motifs is 9. The minimum atomic E-state index is -0.161. The Hall–Kier alpha value is -7.68. The molecule has 0 radical (unpaired) electrons. The Balaban J connectivity index is 1.18. The summed E-state index contributed by atoms with van der Waals surface area (Å²) in [5.74, 6) is 0. The number of aromatic nitrogens is 1. The standard InChI is InChI=1S/C59H42N2/c1-59(2)53-29-15-13-26-47(53)48-34-32-42(37-54(48)59)60(43-33-35-50-49-27-14-16-30-55(49)61(57(50)38-43)41-21-7-4-8-22-41)56-31-17-28-51(58(56)39-18-5-3-6-19-39)52-36-40-20-9-10-23-44(40)45-24-11-12-25-46(45)52/h3-38H,1-2H3. The molecule has 2 nitrogen and oxygen atoms in total. The maximum atomic E-state index is 2.51. The van der Waals surface area contributed by atoms with Crippen LogP contribution in [0.4, 0.5) is 17.1 Å². The highest BCUT2D eigenvalue weighted by Gasteiger charge is 2.36. The molecule has 0 unspecified atom stereocenters. The van der Waals surface area contributed by atoms with Crippen LogP contribution >= 0.6 is 0 Å². The van der Waals surface area contributed by atoms with Gasteiger partial charge >= 0.3 is 0 Å². The van der Waals surface area contributed by atoms with E-state index in [-0.39, 0.29) is 5.41 Å². The van der Waals surface area contributed by atoms with Crippen molar-refractivity contribution in [3.63, 3.8) is 0 Å². The molecule has 0 saturated heterocycles. The van der Waals surface area contributed by atoms with Crippen LogP contribution in [0.25, 0.3) is 82.4 Å². The van der Waals surface area contributed by atoms with Crippen molar-refractivity contribution in [2.24, 2.45) is 0 Å². The van der Waals surface area contributed by atoms with E-state index >= 15 is 0 Å². The van der Waals surface area contributed by atoms with Gasteiger partial charge in [0.1, 0.15) is 0 Å². The second-order valence-electron chi connectivity index (χ2n) is 16.9. The molecule has 0 amide bonds. The van der Waals surface area contributed by atoms with Gasteiger partial charge in [-0.3, -0.25) is 0 Å². The summed E-state index contributed by atoms with van der Waals surface area (Å²) in [4.78, 5) is 2.51. The third kappa shape index (κ3) is 5.42. The SMILES string of the molecule is CC1(C)c2ccccc2-c2ccc(N(c3ccc4c5ccccc5n(-c5ccccc5)c4c3)c3cccc(-c4cc5ccccc5c5ccccc45)c3-c3ccccc3)cc21. The van der Waals surface area contributed by atoms with Crippen molar-refractivity contribution in [3.05, 3.63) is 230 Å². The monoisotopic (exact) mass is 778 g/mol. The van der Waals surface area contributed by atoms with Crippen LogP contribution in [0.2, 0.25) is 0 Å². The lowest BCUT2D eigenvalue weighted by atomic mass is 9.82. The molecule has 0 bridgehead atoms. The molecule has 12 rings (SSSR count). The summed E-state index contributed by atoms with van der Waals surface area (Å²) in [5.41, 5.74) is 16.8. The van der Waals surface area contributed by atoms with Crippen molar-refractivity contribution in [2.45, 2.75) is 19.3 Å². The molecule has 1 aliphatic carbocycles. The number of para-hydroxylation sites is 2. The summed E-state index contributed by atoms with van der Waals surface area (Å²) in [5, 5.41) is 7.48. The van der Waals surface area contributed by atoms with E-state index in [4.69, 9.17) is 0 Å². The molecule has 2 heteroatoms. The summed E-state index contributed by atoms with van der Waals surface area (Å²) < 4.78 is 2.42. The van der Waals surface area contributed by atoms with Crippen LogP contribution in [-0.2, 0) is 5.41 Å². The van der Waals surface area contributed by atoms with Crippen molar-refractivity contribution < 1.29 is 0 Å². The predicted molar refractivity (Wildman–Crippen MR) is 259 cm³/mol. The highest BCUT2D eigenvalue weighted by molar-refractivity contribution is 6.16. The molecular weight excluding hydrogens is 737 g/mol. The summed E-state index contributed by atoms with van der Waals surface area (Å²) >= 11 is 0. The Labute approximate surface area is 356 Å². The van der Waals surface area contributed by atoms with Crippen LogP contribution < -0.4 is 4.90 Å². The van der Waals surface area contributed by atoms with Gasteiger partial charge in [-0.15, -0.1) is 0 Å². The molecule has 1 heterocycles. The van der Waals surface area contributed by atoms with E-state index in [0.717, 1.165) is 22.7 Å². The maximum Gasteiger partial charge on any atom is 0.0561 e. The molecule has 0 fully saturated rings. The largest absolute Gasteiger partial charge is 0.310 e. The average molecular weight is 779 g/mol. The minimum absolute atomic E-state index is 0.161. The highest BCUT2D eigenvalue weighted by Crippen LogP contribution is 2.53. The van der Waals surface area contributed by atoms with Gasteiger partial charge in [0.15, 0.2) is 0 Å². The number of nitrogens with zero attached hydrogens (tertiary/aromatic N) is 2. The van der Waals surface area contributed by atoms with Gasteiger partial charge in [0.2, 0.25) is 0 Å². The van der Waals surface area contributed by atoms with Crippen LogP contribution in [0.5, 0.6) is 0 Å². The second kappa shape index (κ2) is 13.7.